The van der Waals surface area contributed by atoms with E-state index in [1.165, 1.54) is 51.4 Å². The molecule has 0 aliphatic heterocycles. The summed E-state index contributed by atoms with van der Waals surface area (Å²) in [4.78, 5) is 10.2. The van der Waals surface area contributed by atoms with Crippen LogP contribution in [0.1, 0.15) is 70.6 Å². The summed E-state index contributed by atoms with van der Waals surface area (Å²) in [6, 6.07) is 0. The van der Waals surface area contributed by atoms with Gasteiger partial charge in [0.05, 0.1) is 0 Å². The highest BCUT2D eigenvalue weighted by Gasteiger charge is 2.39. The lowest BCUT2D eigenvalue weighted by Gasteiger charge is -2.47. The highest BCUT2D eigenvalue weighted by molar-refractivity contribution is 5.82. The number of nitrogens with one attached hydrogen (secondary N) is 1. The Balaban J connectivity index is 1.52. The maximum absolute atomic E-state index is 10.2. The zero-order valence-electron chi connectivity index (χ0n) is 11.6. The molecule has 1 spiro atoms. The molecule has 0 aromatic heterocycles. The molecule has 2 saturated carbocycles. The van der Waals surface area contributed by atoms with E-state index < -0.39 is 6.16 Å². The molecule has 0 unspecified atom stereocenters. The van der Waals surface area contributed by atoms with E-state index in [1.54, 1.807) is 0 Å². The zero-order chi connectivity index (χ0) is 13.7. The molecule has 2 aliphatic rings. The largest absolute Gasteiger partial charge is 0.512 e. The average Bonchev–Trinajstić information content (AvgIpc) is 2.33. The van der Waals surface area contributed by atoms with Crippen LogP contribution in [0.2, 0.25) is 0 Å². The summed E-state index contributed by atoms with van der Waals surface area (Å²) >= 11 is 0. The monoisotopic (exact) mass is 267 g/mol. The number of unbranched alkanes of at least 4 members (excludes halogenated alkanes) is 1. The van der Waals surface area contributed by atoms with Gasteiger partial charge in [0.2, 0.25) is 0 Å². The molecule has 0 aromatic carbocycles. The average molecular weight is 267 g/mol. The molecule has 0 heterocycles. The van der Waals surface area contributed by atoms with Gasteiger partial charge in [-0.1, -0.05) is 19.3 Å². The topological polar surface area (TPSA) is 70.4 Å². The number of hydrogen-bond donors (Lipinski definition) is 2. The predicted octanol–water partition coefficient (Wildman–Crippen LogP) is 4.58. The molecule has 2 fully saturated rings. The Bertz CT molecular complexity index is 326. The maximum atomic E-state index is 10.2. The fourth-order valence-electron chi connectivity index (χ4n) is 3.63. The second kappa shape index (κ2) is 6.40. The highest BCUT2D eigenvalue weighted by atomic mass is 16.7. The van der Waals surface area contributed by atoms with Gasteiger partial charge < -0.3 is 9.84 Å². The predicted molar refractivity (Wildman–Crippen MR) is 73.5 cm³/mol. The zero-order valence-corrected chi connectivity index (χ0v) is 11.6. The van der Waals surface area contributed by atoms with Gasteiger partial charge in [-0.2, -0.15) is 0 Å². The smallest absolute Gasteiger partial charge is 0.449 e. The first kappa shape index (κ1) is 14.4. The normalized spacial score (nSPS) is 21.9. The van der Waals surface area contributed by atoms with E-state index in [2.05, 4.69) is 4.74 Å². The minimum Gasteiger partial charge on any atom is -0.449 e. The van der Waals surface area contributed by atoms with Gasteiger partial charge in [-0.3, -0.25) is 5.41 Å². The third-order valence-electron chi connectivity index (χ3n) is 5.06. The first-order valence-corrected chi connectivity index (χ1v) is 7.58. The van der Waals surface area contributed by atoms with Crippen molar-refractivity contribution in [1.82, 2.24) is 0 Å². The molecule has 0 aromatic rings. The number of rotatable bonds is 5. The minimum absolute atomic E-state index is 0.121. The molecule has 2 rings (SSSR count). The van der Waals surface area contributed by atoms with Crippen LogP contribution in [0.3, 0.4) is 0 Å². The molecule has 19 heavy (non-hydrogen) atoms. The molecular weight excluding hydrogens is 242 g/mol. The Morgan fingerprint density at radius 2 is 1.89 bits per heavy atom. The number of hydrogen-bond acceptors (Lipinski definition) is 3. The lowest BCUT2D eigenvalue weighted by atomic mass is 9.59. The minimum atomic E-state index is -1.37. The van der Waals surface area contributed by atoms with E-state index in [-0.39, 0.29) is 5.90 Å². The van der Waals surface area contributed by atoms with Crippen molar-refractivity contribution in [3.05, 3.63) is 0 Å². The van der Waals surface area contributed by atoms with Crippen LogP contribution in [0.5, 0.6) is 0 Å². The van der Waals surface area contributed by atoms with E-state index in [0.29, 0.717) is 6.42 Å². The Hall–Kier alpha value is -1.06. The van der Waals surface area contributed by atoms with E-state index in [9.17, 15) is 4.79 Å². The van der Waals surface area contributed by atoms with Crippen molar-refractivity contribution in [3.8, 4) is 0 Å². The standard InChI is InChI=1S/C15H25NO3/c16-13(19-14(17)18)5-2-1-4-12-6-10-15(11-7-12)8-3-9-15/h12,16H,1-11H2,(H,17,18). The fourth-order valence-corrected chi connectivity index (χ4v) is 3.63. The van der Waals surface area contributed by atoms with Crippen LogP contribution >= 0.6 is 0 Å². The number of carbonyl (C=O) groups is 1. The molecule has 2 aliphatic carbocycles. The second-order valence-electron chi connectivity index (χ2n) is 6.33. The summed E-state index contributed by atoms with van der Waals surface area (Å²) in [6.45, 7) is 0. The van der Waals surface area contributed by atoms with Crippen LogP contribution in [-0.4, -0.2) is 17.2 Å². The van der Waals surface area contributed by atoms with E-state index >= 15 is 0 Å². The summed E-state index contributed by atoms with van der Waals surface area (Å²) in [7, 11) is 0. The molecule has 0 amide bonds. The van der Waals surface area contributed by atoms with Gasteiger partial charge >= 0.3 is 6.16 Å². The van der Waals surface area contributed by atoms with Crippen molar-refractivity contribution >= 4 is 12.1 Å². The summed E-state index contributed by atoms with van der Waals surface area (Å²) in [5.74, 6) is 0.741. The summed E-state index contributed by atoms with van der Waals surface area (Å²) in [5, 5.41) is 15.7. The van der Waals surface area contributed by atoms with Crippen molar-refractivity contribution < 1.29 is 14.6 Å². The number of carboxylic acid groups (broad SMARTS) is 1. The molecule has 0 atom stereocenters. The molecule has 0 bridgehead atoms. The van der Waals surface area contributed by atoms with Crippen LogP contribution < -0.4 is 0 Å². The Morgan fingerprint density at radius 3 is 2.42 bits per heavy atom. The van der Waals surface area contributed by atoms with Gasteiger partial charge in [0.15, 0.2) is 5.90 Å². The van der Waals surface area contributed by atoms with Crippen LogP contribution in [0, 0.1) is 16.7 Å². The van der Waals surface area contributed by atoms with E-state index in [4.69, 9.17) is 10.5 Å². The van der Waals surface area contributed by atoms with Gasteiger partial charge in [-0.15, -0.1) is 0 Å². The van der Waals surface area contributed by atoms with Gasteiger partial charge in [0.25, 0.3) is 0 Å². The van der Waals surface area contributed by atoms with Crippen molar-refractivity contribution in [3.63, 3.8) is 0 Å². The highest BCUT2D eigenvalue weighted by Crippen LogP contribution is 2.53. The van der Waals surface area contributed by atoms with Gasteiger partial charge in [0, 0.05) is 6.42 Å². The molecule has 4 nitrogen and oxygen atoms in total. The Kier molecular flexibility index (Phi) is 4.83. The molecule has 2 N–H and O–H groups in total. The maximum Gasteiger partial charge on any atom is 0.512 e. The summed E-state index contributed by atoms with van der Waals surface area (Å²) in [5.41, 5.74) is 0.744. The summed E-state index contributed by atoms with van der Waals surface area (Å²) in [6.07, 6.45) is 12.2. The fraction of sp³-hybridized carbons (Fsp3) is 0.867. The Morgan fingerprint density at radius 1 is 1.21 bits per heavy atom. The van der Waals surface area contributed by atoms with Crippen LogP contribution in [0.15, 0.2) is 0 Å². The first-order chi connectivity index (χ1) is 9.10. The van der Waals surface area contributed by atoms with Gasteiger partial charge in [0.1, 0.15) is 0 Å². The lowest BCUT2D eigenvalue weighted by molar-refractivity contribution is 0.0531. The van der Waals surface area contributed by atoms with Gasteiger partial charge in [-0.25, -0.2) is 4.79 Å². The van der Waals surface area contributed by atoms with E-state index in [0.717, 1.165) is 24.2 Å². The van der Waals surface area contributed by atoms with Crippen LogP contribution in [0.4, 0.5) is 4.79 Å². The first-order valence-electron chi connectivity index (χ1n) is 7.58. The SMILES string of the molecule is N=C(CCCCC1CCC2(CCC2)CC1)OC(=O)O. The molecular formula is C15H25NO3. The molecule has 4 heteroatoms. The molecule has 108 valence electrons. The summed E-state index contributed by atoms with van der Waals surface area (Å²) < 4.78 is 4.29. The van der Waals surface area contributed by atoms with Crippen LogP contribution in [0.25, 0.3) is 0 Å². The lowest BCUT2D eigenvalue weighted by Crippen LogP contribution is -2.33. The van der Waals surface area contributed by atoms with Crippen molar-refractivity contribution in [2.75, 3.05) is 0 Å². The second-order valence-corrected chi connectivity index (χ2v) is 6.33. The van der Waals surface area contributed by atoms with Gasteiger partial charge in [-0.05, 0) is 56.3 Å². The van der Waals surface area contributed by atoms with E-state index in [1.807, 2.05) is 0 Å². The third-order valence-corrected chi connectivity index (χ3v) is 5.06. The molecule has 0 saturated heterocycles. The molecule has 0 radical (unpaired) electrons. The van der Waals surface area contributed by atoms with Crippen LogP contribution in [-0.2, 0) is 4.74 Å². The Labute approximate surface area is 115 Å². The number of ether oxygens (including phenoxy) is 1. The van der Waals surface area contributed by atoms with Crippen molar-refractivity contribution in [1.29, 1.82) is 5.41 Å². The van der Waals surface area contributed by atoms with Crippen molar-refractivity contribution in [2.24, 2.45) is 11.3 Å². The third kappa shape index (κ3) is 4.22. The van der Waals surface area contributed by atoms with Crippen molar-refractivity contribution in [2.45, 2.75) is 70.6 Å². The quantitative estimate of drug-likeness (QED) is 0.331.